The van der Waals surface area contributed by atoms with Gasteiger partial charge < -0.3 is 20.4 Å². The molecule has 0 aliphatic rings. The molecule has 0 bridgehead atoms. The summed E-state index contributed by atoms with van der Waals surface area (Å²) in [5.74, 6) is -4.08. The zero-order valence-electron chi connectivity index (χ0n) is 20.8. The van der Waals surface area contributed by atoms with Gasteiger partial charge in [0.15, 0.2) is 23.1 Å². The Labute approximate surface area is 211 Å². The molecule has 1 aromatic heterocycles. The van der Waals surface area contributed by atoms with E-state index in [9.17, 15) is 52.8 Å². The van der Waals surface area contributed by atoms with E-state index in [0.29, 0.717) is 10.5 Å². The molecule has 36 heavy (non-hydrogen) atoms. The third-order valence-electron chi connectivity index (χ3n) is 3.17. The van der Waals surface area contributed by atoms with Crippen molar-refractivity contribution in [3.05, 3.63) is 63.5 Å². The van der Waals surface area contributed by atoms with Gasteiger partial charge in [-0.05, 0) is 75.6 Å². The molecule has 0 aliphatic heterocycles. The van der Waals surface area contributed by atoms with Crippen LogP contribution in [0, 0.1) is 0 Å². The second kappa shape index (κ2) is 18.6. The predicted octanol–water partition coefficient (Wildman–Crippen LogP) is 1.49. The summed E-state index contributed by atoms with van der Waals surface area (Å²) in [6.07, 6.45) is -2.75. The number of thiophene rings is 1. The van der Waals surface area contributed by atoms with E-state index in [1.54, 1.807) is 17.5 Å². The lowest BCUT2D eigenvalue weighted by Crippen LogP contribution is -2.23. The van der Waals surface area contributed by atoms with Gasteiger partial charge in [-0.15, -0.1) is 22.9 Å². The van der Waals surface area contributed by atoms with E-state index in [4.69, 9.17) is 0 Å². The van der Waals surface area contributed by atoms with E-state index in [1.807, 2.05) is 0 Å². The topological polar surface area (TPSA) is 161 Å². The number of alkyl halides is 3. The van der Waals surface area contributed by atoms with Crippen molar-refractivity contribution in [2.75, 3.05) is 0 Å². The minimum absolute atomic E-state index is 0.0139. The molecule has 202 valence electrons. The van der Waals surface area contributed by atoms with Crippen LogP contribution in [-0.4, -0.2) is 29.3 Å². The highest BCUT2D eigenvalue weighted by atomic mass is 32.1. The minimum atomic E-state index is -4.92. The highest BCUT2D eigenvalue weighted by Crippen LogP contribution is 2.20. The van der Waals surface area contributed by atoms with Crippen molar-refractivity contribution in [2.24, 2.45) is 0 Å². The van der Waals surface area contributed by atoms with Crippen molar-refractivity contribution < 1.29 is 52.8 Å². The zero-order chi connectivity index (χ0) is 29.2. The fraction of sp³-hybridized carbons (Fsp3) is 0.333. The third-order valence-corrected chi connectivity index (χ3v) is 4.06. The van der Waals surface area contributed by atoms with E-state index in [-0.39, 0.29) is 40.7 Å². The number of carbonyl (C=O) groups excluding carboxylic acids is 4. The summed E-state index contributed by atoms with van der Waals surface area (Å²) in [7, 11) is 0. The molecule has 0 aliphatic carbocycles. The summed E-state index contributed by atoms with van der Waals surface area (Å²) < 4.78 is 33.8. The average molecular weight is 533 g/mol. The number of rotatable bonds is 5. The van der Waals surface area contributed by atoms with Crippen LogP contribution in [-0.2, 0) is 19.2 Å². The standard InChI is InChI=1S/C8H8O2S.C6H10O2.C5H5F3O2.C5H8O2/c1-6(9)5-7(10)8-3-2-4-11-8;1-4(5(2)7)6(3)8;1-3(9)2-4(10)5(6,7)8;1-4(6)3-5(2)7/h2-5,10H,1H3;7H,1-3H3;2,10H,1H3;3,6H,1-2H3/p-4/b7-5-;5-4-;4-2-;4-3-. The van der Waals surface area contributed by atoms with Gasteiger partial charge in [0, 0.05) is 4.88 Å². The van der Waals surface area contributed by atoms with Gasteiger partial charge in [-0.25, -0.2) is 0 Å². The van der Waals surface area contributed by atoms with Gasteiger partial charge in [0.1, 0.15) is 0 Å². The summed E-state index contributed by atoms with van der Waals surface area (Å²) in [4.78, 5) is 41.3. The summed E-state index contributed by atoms with van der Waals surface area (Å²) in [5, 5.41) is 43.0. The Kier molecular flexibility index (Phi) is 19.1. The lowest BCUT2D eigenvalue weighted by Gasteiger charge is -2.14. The van der Waals surface area contributed by atoms with E-state index in [1.165, 1.54) is 52.9 Å². The van der Waals surface area contributed by atoms with Gasteiger partial charge in [-0.1, -0.05) is 25.7 Å². The number of hydrogen-bond acceptors (Lipinski definition) is 9. The minimum Gasteiger partial charge on any atom is -0.876 e. The van der Waals surface area contributed by atoms with Crippen LogP contribution in [0.3, 0.4) is 0 Å². The van der Waals surface area contributed by atoms with Crippen LogP contribution < -0.4 is 20.4 Å². The molecular weight excluding hydrogens is 505 g/mol. The van der Waals surface area contributed by atoms with Crippen LogP contribution in [0.15, 0.2) is 58.6 Å². The number of carbonyl (C=O) groups is 4. The summed E-state index contributed by atoms with van der Waals surface area (Å²) in [6.45, 7) is 9.25. The number of halogens is 3. The Morgan fingerprint density at radius 1 is 0.778 bits per heavy atom. The Balaban J connectivity index is -0.000000410. The molecule has 1 rings (SSSR count). The van der Waals surface area contributed by atoms with Crippen molar-refractivity contribution in [2.45, 2.75) is 54.6 Å². The molecule has 0 unspecified atom stereocenters. The second-order valence-corrected chi connectivity index (χ2v) is 7.76. The van der Waals surface area contributed by atoms with Gasteiger partial charge in [-0.3, -0.25) is 19.2 Å². The van der Waals surface area contributed by atoms with E-state index in [2.05, 4.69) is 0 Å². The monoisotopic (exact) mass is 532 g/mol. The molecule has 0 amide bonds. The van der Waals surface area contributed by atoms with E-state index < -0.39 is 17.7 Å². The highest BCUT2D eigenvalue weighted by molar-refractivity contribution is 7.11. The van der Waals surface area contributed by atoms with Crippen LogP contribution in [0.2, 0.25) is 0 Å². The third kappa shape index (κ3) is 23.5. The summed E-state index contributed by atoms with van der Waals surface area (Å²) in [6, 6.07) is 3.48. The molecule has 0 aromatic carbocycles. The maximum atomic E-state index is 11.3. The molecule has 0 radical (unpaired) electrons. The fourth-order valence-corrected chi connectivity index (χ4v) is 2.11. The number of allylic oxidation sites excluding steroid dienone is 7. The van der Waals surface area contributed by atoms with Gasteiger partial charge in [0.25, 0.3) is 0 Å². The highest BCUT2D eigenvalue weighted by Gasteiger charge is 2.26. The lowest BCUT2D eigenvalue weighted by molar-refractivity contribution is -0.360. The lowest BCUT2D eigenvalue weighted by atomic mass is 10.2. The first kappa shape index (κ1) is 36.9. The Morgan fingerprint density at radius 3 is 1.39 bits per heavy atom. The Bertz CT molecular complexity index is 991. The molecule has 0 atom stereocenters. The zero-order valence-corrected chi connectivity index (χ0v) is 21.6. The molecule has 1 heterocycles. The SMILES string of the molecule is CC(=O)/C(C)=C(/C)[O-].CC(=O)/C=C(/C)[O-].CC(=O)/C=C(\[O-])C(F)(F)F.CC(=O)/C=C(\[O-])c1cccs1. The molecular formula is C24H27F3O8S-4. The van der Waals surface area contributed by atoms with Gasteiger partial charge in [0.05, 0.1) is 0 Å². The van der Waals surface area contributed by atoms with Crippen molar-refractivity contribution in [1.29, 1.82) is 0 Å². The first-order valence-corrected chi connectivity index (χ1v) is 10.7. The number of Topliss-reactive ketones (excluding diaryl/α,β-unsaturated/α-hetero) is 1. The Morgan fingerprint density at radius 2 is 1.22 bits per heavy atom. The van der Waals surface area contributed by atoms with Gasteiger partial charge >= 0.3 is 6.18 Å². The fourth-order valence-electron chi connectivity index (χ4n) is 1.48. The van der Waals surface area contributed by atoms with Gasteiger partial charge in [0.2, 0.25) is 0 Å². The van der Waals surface area contributed by atoms with Crippen LogP contribution in [0.1, 0.15) is 53.3 Å². The summed E-state index contributed by atoms with van der Waals surface area (Å²) >= 11 is 1.34. The van der Waals surface area contributed by atoms with Crippen LogP contribution in [0.5, 0.6) is 0 Å². The normalized spacial score (nSPS) is 12.3. The van der Waals surface area contributed by atoms with Gasteiger partial charge in [-0.2, -0.15) is 13.2 Å². The maximum Gasteiger partial charge on any atom is 0.402 e. The average Bonchev–Trinajstić information content (AvgIpc) is 3.21. The molecule has 0 saturated heterocycles. The quantitative estimate of drug-likeness (QED) is 0.407. The van der Waals surface area contributed by atoms with Crippen molar-refractivity contribution in [3.63, 3.8) is 0 Å². The van der Waals surface area contributed by atoms with Crippen LogP contribution in [0.4, 0.5) is 13.2 Å². The van der Waals surface area contributed by atoms with Crippen molar-refractivity contribution >= 4 is 40.2 Å². The first-order chi connectivity index (χ1) is 16.2. The molecule has 12 heteroatoms. The largest absolute Gasteiger partial charge is 0.876 e. The second-order valence-electron chi connectivity index (χ2n) is 6.82. The predicted molar refractivity (Wildman–Crippen MR) is 121 cm³/mol. The molecule has 0 N–H and O–H groups in total. The number of hydrogen-bond donors (Lipinski definition) is 0. The van der Waals surface area contributed by atoms with E-state index in [0.717, 1.165) is 19.1 Å². The van der Waals surface area contributed by atoms with E-state index >= 15 is 0 Å². The smallest absolute Gasteiger partial charge is 0.402 e. The Hall–Kier alpha value is -3.67. The molecule has 0 spiro atoms. The van der Waals surface area contributed by atoms with Crippen LogP contribution in [0.25, 0.3) is 5.76 Å². The van der Waals surface area contributed by atoms with Crippen molar-refractivity contribution in [1.82, 2.24) is 0 Å². The molecule has 1 aromatic rings. The summed E-state index contributed by atoms with van der Waals surface area (Å²) in [5.41, 5.74) is 0.324. The maximum absolute atomic E-state index is 11.3. The first-order valence-electron chi connectivity index (χ1n) is 9.83. The molecule has 8 nitrogen and oxygen atoms in total. The molecule has 0 saturated carbocycles. The number of ketones is 4. The van der Waals surface area contributed by atoms with Crippen LogP contribution >= 0.6 is 11.3 Å². The van der Waals surface area contributed by atoms with Crippen molar-refractivity contribution in [3.8, 4) is 0 Å². The molecule has 0 fully saturated rings.